The fourth-order valence-corrected chi connectivity index (χ4v) is 3.64. The predicted molar refractivity (Wildman–Crippen MR) is 74.6 cm³/mol. The van der Waals surface area contributed by atoms with Crippen molar-refractivity contribution in [3.63, 3.8) is 0 Å². The fraction of sp³-hybridized carbons (Fsp3) is 0.714. The molecule has 0 aromatic carbocycles. The van der Waals surface area contributed by atoms with Crippen LogP contribution in [0.5, 0.6) is 0 Å². The van der Waals surface area contributed by atoms with E-state index in [4.69, 9.17) is 9.47 Å². The third-order valence-electron chi connectivity index (χ3n) is 3.43. The second-order valence-corrected chi connectivity index (χ2v) is 6.03. The molecule has 0 bridgehead atoms. The number of rotatable bonds is 5. The van der Waals surface area contributed by atoms with E-state index < -0.39 is 0 Å². The zero-order valence-electron chi connectivity index (χ0n) is 11.8. The summed E-state index contributed by atoms with van der Waals surface area (Å²) in [4.78, 5) is 17.9. The SMILES string of the molecule is CCOC(=O)C1CCCc2sc(CC(C)OC)nc21. The molecule has 0 saturated heterocycles. The number of hydrogen-bond donors (Lipinski definition) is 0. The maximum absolute atomic E-state index is 12.0. The molecule has 0 aliphatic heterocycles. The van der Waals surface area contributed by atoms with Crippen LogP contribution in [-0.4, -0.2) is 30.8 Å². The molecule has 2 unspecified atom stereocenters. The van der Waals surface area contributed by atoms with Crippen LogP contribution in [0.15, 0.2) is 0 Å². The van der Waals surface area contributed by atoms with E-state index in [9.17, 15) is 4.79 Å². The highest BCUT2D eigenvalue weighted by Crippen LogP contribution is 2.35. The topological polar surface area (TPSA) is 48.4 Å². The number of aromatic nitrogens is 1. The van der Waals surface area contributed by atoms with E-state index in [0.717, 1.165) is 36.4 Å². The summed E-state index contributed by atoms with van der Waals surface area (Å²) >= 11 is 1.72. The molecule has 0 radical (unpaired) electrons. The van der Waals surface area contributed by atoms with Crippen LogP contribution < -0.4 is 0 Å². The molecule has 2 rings (SSSR count). The minimum absolute atomic E-state index is 0.125. The number of thiazole rings is 1. The first-order valence-corrected chi connectivity index (χ1v) is 7.65. The van der Waals surface area contributed by atoms with Crippen molar-refractivity contribution >= 4 is 17.3 Å². The summed E-state index contributed by atoms with van der Waals surface area (Å²) in [5.41, 5.74) is 0.952. The van der Waals surface area contributed by atoms with Gasteiger partial charge in [-0.15, -0.1) is 11.3 Å². The molecule has 0 saturated carbocycles. The molecule has 1 aromatic rings. The van der Waals surface area contributed by atoms with E-state index >= 15 is 0 Å². The highest BCUT2D eigenvalue weighted by molar-refractivity contribution is 7.11. The Labute approximate surface area is 118 Å². The zero-order valence-corrected chi connectivity index (χ0v) is 12.6. The third kappa shape index (κ3) is 3.34. The van der Waals surface area contributed by atoms with Gasteiger partial charge in [0.2, 0.25) is 0 Å². The standard InChI is InChI=1S/C14H21NO3S/c1-4-18-14(16)10-6-5-7-11-13(10)15-12(19-11)8-9(2)17-3/h9-10H,4-8H2,1-3H3. The van der Waals surface area contributed by atoms with Crippen molar-refractivity contribution in [1.29, 1.82) is 0 Å². The Morgan fingerprint density at radius 1 is 1.58 bits per heavy atom. The van der Waals surface area contributed by atoms with Crippen LogP contribution in [0.4, 0.5) is 0 Å². The number of hydrogen-bond acceptors (Lipinski definition) is 5. The second kappa shape index (κ2) is 6.48. The Morgan fingerprint density at radius 3 is 3.05 bits per heavy atom. The number of nitrogens with zero attached hydrogens (tertiary/aromatic N) is 1. The Hall–Kier alpha value is -0.940. The Bertz CT molecular complexity index is 444. The quantitative estimate of drug-likeness (QED) is 0.780. The van der Waals surface area contributed by atoms with E-state index in [1.807, 2.05) is 13.8 Å². The van der Waals surface area contributed by atoms with Crippen LogP contribution in [0.25, 0.3) is 0 Å². The fourth-order valence-electron chi connectivity index (χ4n) is 2.36. The number of aryl methyl sites for hydroxylation is 1. The van der Waals surface area contributed by atoms with Gasteiger partial charge >= 0.3 is 5.97 Å². The van der Waals surface area contributed by atoms with Crippen LogP contribution >= 0.6 is 11.3 Å². The number of carbonyl (C=O) groups excluding carboxylic acids is 1. The normalized spacial score (nSPS) is 19.8. The first kappa shape index (κ1) is 14.5. The van der Waals surface area contributed by atoms with Crippen molar-refractivity contribution in [2.75, 3.05) is 13.7 Å². The van der Waals surface area contributed by atoms with Gasteiger partial charge in [-0.1, -0.05) is 0 Å². The summed E-state index contributed by atoms with van der Waals surface area (Å²) in [5.74, 6) is -0.286. The zero-order chi connectivity index (χ0) is 13.8. The van der Waals surface area contributed by atoms with Gasteiger partial charge in [0.05, 0.1) is 23.4 Å². The molecule has 106 valence electrons. The van der Waals surface area contributed by atoms with Crippen LogP contribution in [0, 0.1) is 0 Å². The smallest absolute Gasteiger partial charge is 0.315 e. The first-order chi connectivity index (χ1) is 9.15. The van der Waals surface area contributed by atoms with Crippen molar-refractivity contribution in [1.82, 2.24) is 4.98 Å². The molecule has 1 heterocycles. The molecule has 5 heteroatoms. The average Bonchev–Trinajstić information content (AvgIpc) is 2.80. The molecule has 2 atom stereocenters. The lowest BCUT2D eigenvalue weighted by atomic mass is 9.91. The molecule has 0 fully saturated rings. The lowest BCUT2D eigenvalue weighted by molar-refractivity contribution is -0.145. The molecule has 1 aromatic heterocycles. The predicted octanol–water partition coefficient (Wildman–Crippen LogP) is 2.70. The van der Waals surface area contributed by atoms with Gasteiger partial charge in [0, 0.05) is 18.4 Å². The van der Waals surface area contributed by atoms with Crippen LogP contribution in [0.3, 0.4) is 0 Å². The van der Waals surface area contributed by atoms with Gasteiger partial charge in [0.15, 0.2) is 0 Å². The molecule has 4 nitrogen and oxygen atoms in total. The maximum Gasteiger partial charge on any atom is 0.315 e. The van der Waals surface area contributed by atoms with Gasteiger partial charge in [-0.3, -0.25) is 4.79 Å². The average molecular weight is 283 g/mol. The summed E-state index contributed by atoms with van der Waals surface area (Å²) < 4.78 is 10.4. The van der Waals surface area contributed by atoms with Gasteiger partial charge < -0.3 is 9.47 Å². The molecular formula is C14H21NO3S. The van der Waals surface area contributed by atoms with Crippen molar-refractivity contribution in [3.05, 3.63) is 15.6 Å². The lowest BCUT2D eigenvalue weighted by Crippen LogP contribution is -2.20. The van der Waals surface area contributed by atoms with Crippen LogP contribution in [-0.2, 0) is 27.1 Å². The van der Waals surface area contributed by atoms with Crippen molar-refractivity contribution < 1.29 is 14.3 Å². The molecular weight excluding hydrogens is 262 g/mol. The Morgan fingerprint density at radius 2 is 2.37 bits per heavy atom. The summed E-state index contributed by atoms with van der Waals surface area (Å²) in [5, 5.41) is 1.07. The number of ether oxygens (including phenoxy) is 2. The number of fused-ring (bicyclic) bond motifs is 1. The van der Waals surface area contributed by atoms with Crippen molar-refractivity contribution in [2.45, 2.75) is 51.6 Å². The van der Waals surface area contributed by atoms with Gasteiger partial charge in [-0.05, 0) is 33.1 Å². The number of carbonyl (C=O) groups is 1. The first-order valence-electron chi connectivity index (χ1n) is 6.83. The third-order valence-corrected chi connectivity index (χ3v) is 4.59. The van der Waals surface area contributed by atoms with Gasteiger partial charge in [-0.2, -0.15) is 0 Å². The van der Waals surface area contributed by atoms with Gasteiger partial charge in [-0.25, -0.2) is 4.98 Å². The number of esters is 1. The lowest BCUT2D eigenvalue weighted by Gasteiger charge is -2.19. The largest absolute Gasteiger partial charge is 0.465 e. The van der Waals surface area contributed by atoms with Gasteiger partial charge in [0.1, 0.15) is 5.92 Å². The molecule has 19 heavy (non-hydrogen) atoms. The molecule has 0 N–H and O–H groups in total. The minimum atomic E-state index is -0.161. The van der Waals surface area contributed by atoms with Crippen molar-refractivity contribution in [3.8, 4) is 0 Å². The Balaban J connectivity index is 2.17. The van der Waals surface area contributed by atoms with Gasteiger partial charge in [0.25, 0.3) is 0 Å². The van der Waals surface area contributed by atoms with E-state index in [1.165, 1.54) is 4.88 Å². The number of methoxy groups -OCH3 is 1. The maximum atomic E-state index is 12.0. The second-order valence-electron chi connectivity index (χ2n) is 4.86. The molecule has 1 aliphatic rings. The Kier molecular flexibility index (Phi) is 4.93. The summed E-state index contributed by atoms with van der Waals surface area (Å²) in [7, 11) is 1.71. The van der Waals surface area contributed by atoms with E-state index in [2.05, 4.69) is 4.98 Å². The summed E-state index contributed by atoms with van der Waals surface area (Å²) in [6, 6.07) is 0. The molecule has 0 spiro atoms. The van der Waals surface area contributed by atoms with E-state index in [1.54, 1.807) is 18.4 Å². The summed E-state index contributed by atoms with van der Waals surface area (Å²) in [6.07, 6.45) is 3.90. The van der Waals surface area contributed by atoms with E-state index in [-0.39, 0.29) is 18.0 Å². The molecule has 1 aliphatic carbocycles. The van der Waals surface area contributed by atoms with E-state index in [0.29, 0.717) is 6.61 Å². The van der Waals surface area contributed by atoms with Crippen LogP contribution in [0.2, 0.25) is 0 Å². The summed E-state index contributed by atoms with van der Waals surface area (Å²) in [6.45, 7) is 4.31. The van der Waals surface area contributed by atoms with Crippen LogP contribution in [0.1, 0.15) is 48.2 Å². The monoisotopic (exact) mass is 283 g/mol. The highest BCUT2D eigenvalue weighted by Gasteiger charge is 2.31. The highest BCUT2D eigenvalue weighted by atomic mass is 32.1. The van der Waals surface area contributed by atoms with Crippen molar-refractivity contribution in [2.24, 2.45) is 0 Å². The minimum Gasteiger partial charge on any atom is -0.465 e. The molecule has 0 amide bonds.